The second kappa shape index (κ2) is 5.12. The third-order valence-corrected chi connectivity index (χ3v) is 2.48. The molecule has 3 heteroatoms. The molecule has 0 aliphatic rings. The van der Waals surface area contributed by atoms with Gasteiger partial charge in [0, 0.05) is 12.0 Å². The van der Waals surface area contributed by atoms with Gasteiger partial charge in [-0.25, -0.2) is 0 Å². The Morgan fingerprint density at radius 1 is 1.47 bits per heavy atom. The zero-order valence-corrected chi connectivity index (χ0v) is 10.2. The number of hydrogen-bond donors (Lipinski definition) is 1. The summed E-state index contributed by atoms with van der Waals surface area (Å²) in [7, 11) is 1.66. The highest BCUT2D eigenvalue weighted by atomic mass is 32.1. The van der Waals surface area contributed by atoms with E-state index in [0.29, 0.717) is 17.3 Å². The van der Waals surface area contributed by atoms with Crippen LogP contribution in [0.5, 0.6) is 5.75 Å². The third-order valence-electron chi connectivity index (χ3n) is 2.34. The summed E-state index contributed by atoms with van der Waals surface area (Å²) < 4.78 is 5.27. The van der Waals surface area contributed by atoms with Gasteiger partial charge in [-0.3, -0.25) is 0 Å². The minimum atomic E-state index is 0.495. The molecule has 0 saturated heterocycles. The van der Waals surface area contributed by atoms with E-state index in [1.807, 2.05) is 6.07 Å². The summed E-state index contributed by atoms with van der Waals surface area (Å²) in [5.74, 6) is 1.35. The van der Waals surface area contributed by atoms with Gasteiger partial charge < -0.3 is 10.5 Å². The Morgan fingerprint density at radius 2 is 2.13 bits per heavy atom. The predicted octanol–water partition coefficient (Wildman–Crippen LogP) is 2.65. The molecule has 1 rings (SSSR count). The van der Waals surface area contributed by atoms with E-state index >= 15 is 0 Å². The standard InChI is InChI=1S/C12H17NOS/c1-8(2)9-4-5-11(14-3)10(6-9)7-12(13)15/h4-6,8H,7H2,1-3H3,(H2,13,15). The summed E-state index contributed by atoms with van der Waals surface area (Å²) in [5.41, 5.74) is 7.90. The molecule has 15 heavy (non-hydrogen) atoms. The average molecular weight is 223 g/mol. The van der Waals surface area contributed by atoms with E-state index in [1.54, 1.807) is 7.11 Å². The van der Waals surface area contributed by atoms with Crippen molar-refractivity contribution < 1.29 is 4.74 Å². The molecular weight excluding hydrogens is 206 g/mol. The summed E-state index contributed by atoms with van der Waals surface area (Å²) in [6, 6.07) is 6.16. The Hall–Kier alpha value is -1.09. The van der Waals surface area contributed by atoms with Crippen molar-refractivity contribution in [2.24, 2.45) is 5.73 Å². The maximum absolute atomic E-state index is 5.55. The van der Waals surface area contributed by atoms with E-state index in [-0.39, 0.29) is 0 Å². The number of rotatable bonds is 4. The van der Waals surface area contributed by atoms with Crippen LogP contribution < -0.4 is 10.5 Å². The zero-order valence-electron chi connectivity index (χ0n) is 9.41. The third kappa shape index (κ3) is 3.20. The van der Waals surface area contributed by atoms with Gasteiger partial charge in [0.15, 0.2) is 0 Å². The van der Waals surface area contributed by atoms with Crippen LogP contribution in [0.3, 0.4) is 0 Å². The number of thiocarbonyl (C=S) groups is 1. The van der Waals surface area contributed by atoms with Crippen molar-refractivity contribution in [1.29, 1.82) is 0 Å². The first-order chi connectivity index (χ1) is 7.04. The Morgan fingerprint density at radius 3 is 2.60 bits per heavy atom. The van der Waals surface area contributed by atoms with Gasteiger partial charge >= 0.3 is 0 Å². The topological polar surface area (TPSA) is 35.2 Å². The van der Waals surface area contributed by atoms with Crippen molar-refractivity contribution in [3.05, 3.63) is 29.3 Å². The molecule has 1 aromatic carbocycles. The zero-order chi connectivity index (χ0) is 11.4. The Labute approximate surface area is 96.4 Å². The van der Waals surface area contributed by atoms with Gasteiger partial charge in [-0.1, -0.05) is 38.2 Å². The van der Waals surface area contributed by atoms with Crippen molar-refractivity contribution in [2.45, 2.75) is 26.2 Å². The van der Waals surface area contributed by atoms with E-state index < -0.39 is 0 Å². The first kappa shape index (κ1) is 12.0. The summed E-state index contributed by atoms with van der Waals surface area (Å²) in [4.78, 5) is 0.495. The lowest BCUT2D eigenvalue weighted by molar-refractivity contribution is 0.411. The van der Waals surface area contributed by atoms with Crippen LogP contribution in [-0.4, -0.2) is 12.1 Å². The van der Waals surface area contributed by atoms with Gasteiger partial charge in [-0.2, -0.15) is 0 Å². The highest BCUT2D eigenvalue weighted by molar-refractivity contribution is 7.80. The second-order valence-corrected chi connectivity index (χ2v) is 4.39. The van der Waals surface area contributed by atoms with E-state index in [1.165, 1.54) is 5.56 Å². The van der Waals surface area contributed by atoms with Crippen molar-refractivity contribution in [3.8, 4) is 5.75 Å². The summed E-state index contributed by atoms with van der Waals surface area (Å²) in [5, 5.41) is 0. The minimum absolute atomic E-state index is 0.495. The maximum atomic E-state index is 5.55. The molecule has 2 N–H and O–H groups in total. The van der Waals surface area contributed by atoms with Crippen LogP contribution in [-0.2, 0) is 6.42 Å². The van der Waals surface area contributed by atoms with Crippen LogP contribution in [0, 0.1) is 0 Å². The molecule has 0 fully saturated rings. The number of ether oxygens (including phenoxy) is 1. The maximum Gasteiger partial charge on any atom is 0.122 e. The Balaban J connectivity index is 3.07. The molecule has 0 aromatic heterocycles. The molecule has 0 unspecified atom stereocenters. The number of hydrogen-bond acceptors (Lipinski definition) is 2. The summed E-state index contributed by atoms with van der Waals surface area (Å²) in [6.07, 6.45) is 0.596. The van der Waals surface area contributed by atoms with Crippen LogP contribution in [0.4, 0.5) is 0 Å². The molecule has 0 bridgehead atoms. The number of benzene rings is 1. The smallest absolute Gasteiger partial charge is 0.122 e. The monoisotopic (exact) mass is 223 g/mol. The van der Waals surface area contributed by atoms with E-state index in [2.05, 4.69) is 26.0 Å². The molecule has 1 aromatic rings. The lowest BCUT2D eigenvalue weighted by Crippen LogP contribution is -2.12. The molecule has 0 atom stereocenters. The molecule has 0 radical (unpaired) electrons. The molecule has 2 nitrogen and oxygen atoms in total. The van der Waals surface area contributed by atoms with Crippen LogP contribution >= 0.6 is 12.2 Å². The van der Waals surface area contributed by atoms with Crippen LogP contribution in [0.15, 0.2) is 18.2 Å². The molecule has 0 spiro atoms. The predicted molar refractivity (Wildman–Crippen MR) is 67.6 cm³/mol. The van der Waals surface area contributed by atoms with Gasteiger partial charge in [-0.05, 0) is 17.5 Å². The highest BCUT2D eigenvalue weighted by Gasteiger charge is 2.07. The van der Waals surface area contributed by atoms with Crippen molar-refractivity contribution in [2.75, 3.05) is 7.11 Å². The molecule has 0 heterocycles. The van der Waals surface area contributed by atoms with E-state index in [4.69, 9.17) is 22.7 Å². The molecule has 82 valence electrons. The Kier molecular flexibility index (Phi) is 4.09. The fraction of sp³-hybridized carbons (Fsp3) is 0.417. The Bertz CT molecular complexity index is 361. The first-order valence-electron chi connectivity index (χ1n) is 4.99. The summed E-state index contributed by atoms with van der Waals surface area (Å²) in [6.45, 7) is 4.32. The molecule has 0 amide bonds. The highest BCUT2D eigenvalue weighted by Crippen LogP contribution is 2.24. The van der Waals surface area contributed by atoms with Crippen molar-refractivity contribution in [1.82, 2.24) is 0 Å². The average Bonchev–Trinajstić information content (AvgIpc) is 2.16. The van der Waals surface area contributed by atoms with Gasteiger partial charge in [0.05, 0.1) is 12.1 Å². The van der Waals surface area contributed by atoms with Gasteiger partial charge in [0.1, 0.15) is 5.75 Å². The minimum Gasteiger partial charge on any atom is -0.496 e. The quantitative estimate of drug-likeness (QED) is 0.797. The molecular formula is C12H17NOS. The number of methoxy groups -OCH3 is 1. The van der Waals surface area contributed by atoms with Crippen molar-refractivity contribution >= 4 is 17.2 Å². The molecule has 0 saturated carbocycles. The van der Waals surface area contributed by atoms with Gasteiger partial charge in [-0.15, -0.1) is 0 Å². The van der Waals surface area contributed by atoms with Gasteiger partial charge in [0.2, 0.25) is 0 Å². The SMILES string of the molecule is COc1ccc(C(C)C)cc1CC(N)=S. The van der Waals surface area contributed by atoms with E-state index in [9.17, 15) is 0 Å². The fourth-order valence-electron chi connectivity index (χ4n) is 1.48. The fourth-order valence-corrected chi connectivity index (χ4v) is 1.64. The molecule has 0 aliphatic heterocycles. The lowest BCUT2D eigenvalue weighted by Gasteiger charge is -2.12. The van der Waals surface area contributed by atoms with Gasteiger partial charge in [0.25, 0.3) is 0 Å². The first-order valence-corrected chi connectivity index (χ1v) is 5.40. The summed E-state index contributed by atoms with van der Waals surface area (Å²) >= 11 is 4.92. The molecule has 0 aliphatic carbocycles. The number of nitrogens with two attached hydrogens (primary N) is 1. The second-order valence-electron chi connectivity index (χ2n) is 3.87. The lowest BCUT2D eigenvalue weighted by atomic mass is 9.99. The largest absolute Gasteiger partial charge is 0.496 e. The normalized spacial score (nSPS) is 10.4. The van der Waals surface area contributed by atoms with Crippen LogP contribution in [0.1, 0.15) is 30.9 Å². The van der Waals surface area contributed by atoms with Crippen molar-refractivity contribution in [3.63, 3.8) is 0 Å². The van der Waals surface area contributed by atoms with Crippen LogP contribution in [0.25, 0.3) is 0 Å². The van der Waals surface area contributed by atoms with E-state index in [0.717, 1.165) is 11.3 Å². The van der Waals surface area contributed by atoms with Crippen LogP contribution in [0.2, 0.25) is 0 Å².